The van der Waals surface area contributed by atoms with Gasteiger partial charge in [0.25, 0.3) is 0 Å². The van der Waals surface area contributed by atoms with Crippen molar-refractivity contribution in [2.45, 2.75) is 83.6 Å². The Morgan fingerprint density at radius 1 is 1.10 bits per heavy atom. The highest BCUT2D eigenvalue weighted by Gasteiger charge is 2.48. The van der Waals surface area contributed by atoms with E-state index < -0.39 is 36.7 Å². The van der Waals surface area contributed by atoms with E-state index in [1.165, 1.54) is 6.92 Å². The van der Waals surface area contributed by atoms with Gasteiger partial charge in [0.05, 0.1) is 6.61 Å². The van der Waals surface area contributed by atoms with Gasteiger partial charge in [-0.15, -0.1) is 0 Å². The van der Waals surface area contributed by atoms with Gasteiger partial charge in [-0.05, 0) is 24.8 Å². The van der Waals surface area contributed by atoms with Crippen LogP contribution in [0.25, 0.3) is 10.4 Å². The molecule has 1 aliphatic heterocycles. The summed E-state index contributed by atoms with van der Waals surface area (Å²) in [6, 6.07) is 0. The predicted molar refractivity (Wildman–Crippen MR) is 105 cm³/mol. The van der Waals surface area contributed by atoms with Crippen molar-refractivity contribution < 1.29 is 33.6 Å². The van der Waals surface area contributed by atoms with Gasteiger partial charge in [0, 0.05) is 38.2 Å². The highest BCUT2D eigenvalue weighted by molar-refractivity contribution is 5.66. The molecular weight excluding hydrogens is 382 g/mol. The lowest BCUT2D eigenvalue weighted by atomic mass is 9.98. The summed E-state index contributed by atoms with van der Waals surface area (Å²) < 4.78 is 28.5. The van der Waals surface area contributed by atoms with Gasteiger partial charge in [-0.1, -0.05) is 31.8 Å². The Hall–Kier alpha value is -1.42. The number of carbonyl (C=O) groups excluding carboxylic acids is 1. The lowest BCUT2D eigenvalue weighted by Crippen LogP contribution is -2.61. The van der Waals surface area contributed by atoms with Gasteiger partial charge in [-0.2, -0.15) is 0 Å². The second-order valence-corrected chi connectivity index (χ2v) is 6.90. The van der Waals surface area contributed by atoms with E-state index in [0.717, 1.165) is 25.7 Å². The fourth-order valence-corrected chi connectivity index (χ4v) is 2.87. The van der Waals surface area contributed by atoms with Crippen LogP contribution in [0.5, 0.6) is 0 Å². The molecule has 1 rings (SSSR count). The zero-order valence-electron chi connectivity index (χ0n) is 17.7. The SMILES string of the molecule is CCCCOCC1O[C@@H](OCCCN=[N+]=[N-])[C@@H](OCCCC)C(O)[C@H]1OC(C)=O. The third-order valence-corrected chi connectivity index (χ3v) is 4.40. The van der Waals surface area contributed by atoms with E-state index >= 15 is 0 Å². The molecule has 1 fully saturated rings. The normalized spacial score (nSPS) is 26.7. The number of hydrogen-bond donors (Lipinski definition) is 1. The first-order chi connectivity index (χ1) is 14.0. The predicted octanol–water partition coefficient (Wildman–Crippen LogP) is 2.72. The molecule has 5 atom stereocenters. The molecule has 0 spiro atoms. The van der Waals surface area contributed by atoms with Crippen molar-refractivity contribution in [1.82, 2.24) is 0 Å². The highest BCUT2D eigenvalue weighted by atomic mass is 16.7. The summed E-state index contributed by atoms with van der Waals surface area (Å²) in [5.74, 6) is -0.516. The molecule has 0 aliphatic carbocycles. The lowest BCUT2D eigenvalue weighted by molar-refractivity contribution is -0.313. The zero-order valence-corrected chi connectivity index (χ0v) is 17.7. The number of esters is 1. The molecular formula is C19H35N3O7. The first kappa shape index (κ1) is 25.6. The van der Waals surface area contributed by atoms with E-state index in [1.54, 1.807) is 0 Å². The van der Waals surface area contributed by atoms with Crippen molar-refractivity contribution in [3.05, 3.63) is 10.4 Å². The summed E-state index contributed by atoms with van der Waals surface area (Å²) in [6.45, 7) is 7.08. The average Bonchev–Trinajstić information content (AvgIpc) is 2.69. The molecule has 1 aliphatic rings. The molecule has 1 heterocycles. The topological polar surface area (TPSA) is 132 Å². The van der Waals surface area contributed by atoms with Gasteiger partial charge in [-0.25, -0.2) is 0 Å². The van der Waals surface area contributed by atoms with Gasteiger partial charge in [0.15, 0.2) is 12.4 Å². The van der Waals surface area contributed by atoms with Crippen molar-refractivity contribution in [3.63, 3.8) is 0 Å². The smallest absolute Gasteiger partial charge is 0.303 e. The highest BCUT2D eigenvalue weighted by Crippen LogP contribution is 2.27. The maximum absolute atomic E-state index is 11.6. The number of aliphatic hydroxyl groups is 1. The van der Waals surface area contributed by atoms with Gasteiger partial charge in [-0.3, -0.25) is 4.79 Å². The van der Waals surface area contributed by atoms with Crippen molar-refractivity contribution in [3.8, 4) is 0 Å². The Bertz CT molecular complexity index is 500. The minimum absolute atomic E-state index is 0.162. The fraction of sp³-hybridized carbons (Fsp3) is 0.947. The summed E-state index contributed by atoms with van der Waals surface area (Å²) in [5, 5.41) is 14.3. The Morgan fingerprint density at radius 3 is 2.45 bits per heavy atom. The van der Waals surface area contributed by atoms with Crippen LogP contribution in [0.1, 0.15) is 52.9 Å². The Balaban J connectivity index is 2.82. The van der Waals surface area contributed by atoms with Gasteiger partial charge < -0.3 is 28.8 Å². The van der Waals surface area contributed by atoms with Crippen LogP contribution < -0.4 is 0 Å². The first-order valence-electron chi connectivity index (χ1n) is 10.4. The van der Waals surface area contributed by atoms with Crippen LogP contribution in [0.3, 0.4) is 0 Å². The summed E-state index contributed by atoms with van der Waals surface area (Å²) in [4.78, 5) is 14.3. The minimum atomic E-state index is -1.12. The maximum Gasteiger partial charge on any atom is 0.303 e. The monoisotopic (exact) mass is 417 g/mol. The molecule has 168 valence electrons. The summed E-state index contributed by atoms with van der Waals surface area (Å²) in [5.41, 5.74) is 8.35. The Kier molecular flexibility index (Phi) is 13.6. The summed E-state index contributed by atoms with van der Waals surface area (Å²) >= 11 is 0. The third kappa shape index (κ3) is 9.75. The van der Waals surface area contributed by atoms with Crippen LogP contribution >= 0.6 is 0 Å². The van der Waals surface area contributed by atoms with Gasteiger partial charge in [0.1, 0.15) is 18.3 Å². The van der Waals surface area contributed by atoms with E-state index in [0.29, 0.717) is 26.2 Å². The van der Waals surface area contributed by atoms with Crippen LogP contribution in [0.4, 0.5) is 0 Å². The van der Waals surface area contributed by atoms with E-state index in [2.05, 4.69) is 16.9 Å². The number of aliphatic hydroxyl groups excluding tert-OH is 1. The zero-order chi connectivity index (χ0) is 21.5. The van der Waals surface area contributed by atoms with E-state index in [4.69, 9.17) is 29.2 Å². The Labute approximate surface area is 172 Å². The van der Waals surface area contributed by atoms with Crippen LogP contribution in [0.15, 0.2) is 5.11 Å². The Morgan fingerprint density at radius 2 is 1.79 bits per heavy atom. The second kappa shape index (κ2) is 15.4. The number of hydrogen-bond acceptors (Lipinski definition) is 8. The quantitative estimate of drug-likeness (QED) is 0.142. The van der Waals surface area contributed by atoms with Crippen LogP contribution in [0.2, 0.25) is 0 Å². The molecule has 0 bridgehead atoms. The lowest BCUT2D eigenvalue weighted by Gasteiger charge is -2.43. The van der Waals surface area contributed by atoms with E-state index in [1.807, 2.05) is 6.92 Å². The van der Waals surface area contributed by atoms with Gasteiger partial charge >= 0.3 is 5.97 Å². The minimum Gasteiger partial charge on any atom is -0.457 e. The molecule has 0 aromatic carbocycles. The molecule has 10 heteroatoms. The molecule has 1 saturated heterocycles. The van der Waals surface area contributed by atoms with Gasteiger partial charge in [0.2, 0.25) is 0 Å². The average molecular weight is 418 g/mol. The molecule has 0 aromatic heterocycles. The maximum atomic E-state index is 11.6. The number of ether oxygens (including phenoxy) is 5. The number of carbonyl (C=O) groups is 1. The molecule has 2 unspecified atom stereocenters. The summed E-state index contributed by atoms with van der Waals surface area (Å²) in [6.07, 6.45) is -0.225. The molecule has 0 amide bonds. The largest absolute Gasteiger partial charge is 0.457 e. The van der Waals surface area contributed by atoms with Crippen LogP contribution in [-0.2, 0) is 28.5 Å². The summed E-state index contributed by atoms with van der Waals surface area (Å²) in [7, 11) is 0. The third-order valence-electron chi connectivity index (χ3n) is 4.40. The molecule has 0 radical (unpaired) electrons. The first-order valence-corrected chi connectivity index (χ1v) is 10.4. The number of unbranched alkanes of at least 4 members (excludes halogenated alkanes) is 2. The molecule has 10 nitrogen and oxygen atoms in total. The molecule has 29 heavy (non-hydrogen) atoms. The second-order valence-electron chi connectivity index (χ2n) is 6.90. The van der Waals surface area contributed by atoms with E-state index in [-0.39, 0.29) is 13.2 Å². The van der Waals surface area contributed by atoms with Crippen molar-refractivity contribution in [2.75, 3.05) is 33.0 Å². The van der Waals surface area contributed by atoms with Crippen molar-refractivity contribution >= 4 is 5.97 Å². The van der Waals surface area contributed by atoms with Crippen LogP contribution in [-0.4, -0.2) is 74.8 Å². The van der Waals surface area contributed by atoms with Crippen LogP contribution in [0, 0.1) is 0 Å². The van der Waals surface area contributed by atoms with E-state index in [9.17, 15) is 9.90 Å². The molecule has 0 aromatic rings. The standard InChI is InChI=1S/C19H35N3O7/c1-4-6-10-25-13-15-17(28-14(3)23)16(24)18(26-11-7-5-2)19(29-15)27-12-8-9-21-22-20/h15-19,24H,4-13H2,1-3H3/t15?,16?,17-,18-,19+/m0/s1. The number of rotatable bonds is 15. The number of azide groups is 1. The number of nitrogens with zero attached hydrogens (tertiary/aromatic N) is 3. The van der Waals surface area contributed by atoms with Crippen molar-refractivity contribution in [1.29, 1.82) is 0 Å². The van der Waals surface area contributed by atoms with Crippen molar-refractivity contribution in [2.24, 2.45) is 5.11 Å². The molecule has 0 saturated carbocycles. The molecule has 1 N–H and O–H groups in total. The fourth-order valence-electron chi connectivity index (χ4n) is 2.87.